The SMILES string of the molecule is CCC(=N)c1c(NCCO)ccnc1Nc1ccc(OC(F)(F)CC)cc1. The number of benzene rings is 1. The predicted molar refractivity (Wildman–Crippen MR) is 103 cm³/mol. The van der Waals surface area contributed by atoms with Crippen LogP contribution in [-0.2, 0) is 0 Å². The first-order valence-corrected chi connectivity index (χ1v) is 8.75. The molecule has 0 spiro atoms. The number of hydrogen-bond donors (Lipinski definition) is 4. The standard InChI is InChI=1S/C19H24F2N4O2/c1-3-15(22)17-16(23-11-12-26)9-10-24-18(17)25-13-5-7-14(8-6-13)27-19(20,21)4-2/h5-10,22,26H,3-4,11-12H2,1-2H3,(H2,23,24,25). The van der Waals surface area contributed by atoms with Crippen molar-refractivity contribution in [3.05, 3.63) is 42.1 Å². The van der Waals surface area contributed by atoms with E-state index in [2.05, 4.69) is 20.4 Å². The summed E-state index contributed by atoms with van der Waals surface area (Å²) in [5.74, 6) is 0.539. The highest BCUT2D eigenvalue weighted by molar-refractivity contribution is 6.07. The molecule has 1 aromatic heterocycles. The van der Waals surface area contributed by atoms with Crippen molar-refractivity contribution in [2.24, 2.45) is 0 Å². The Bertz CT molecular complexity index is 767. The van der Waals surface area contributed by atoms with Crippen molar-refractivity contribution < 1.29 is 18.6 Å². The van der Waals surface area contributed by atoms with Gasteiger partial charge in [-0.15, -0.1) is 0 Å². The number of nitrogens with zero attached hydrogens (tertiary/aromatic N) is 1. The highest BCUT2D eigenvalue weighted by atomic mass is 19.3. The summed E-state index contributed by atoms with van der Waals surface area (Å²) < 4.78 is 31.3. The largest absolute Gasteiger partial charge is 0.433 e. The van der Waals surface area contributed by atoms with Gasteiger partial charge in [0.2, 0.25) is 0 Å². The number of alkyl halides is 2. The first kappa shape index (κ1) is 20.6. The van der Waals surface area contributed by atoms with Crippen LogP contribution in [0.3, 0.4) is 0 Å². The van der Waals surface area contributed by atoms with Crippen molar-refractivity contribution in [3.8, 4) is 5.75 Å². The van der Waals surface area contributed by atoms with Crippen LogP contribution in [0.25, 0.3) is 0 Å². The number of aliphatic hydroxyl groups excluding tert-OH is 1. The van der Waals surface area contributed by atoms with Gasteiger partial charge < -0.3 is 25.9 Å². The molecule has 2 aromatic rings. The van der Waals surface area contributed by atoms with Gasteiger partial charge in [0, 0.05) is 36.2 Å². The lowest BCUT2D eigenvalue weighted by atomic mass is 10.1. The van der Waals surface area contributed by atoms with E-state index >= 15 is 0 Å². The van der Waals surface area contributed by atoms with Crippen LogP contribution in [0.15, 0.2) is 36.5 Å². The topological polar surface area (TPSA) is 90.3 Å². The van der Waals surface area contributed by atoms with E-state index < -0.39 is 12.5 Å². The van der Waals surface area contributed by atoms with Gasteiger partial charge in [-0.25, -0.2) is 4.98 Å². The Balaban J connectivity index is 2.24. The number of pyridine rings is 1. The van der Waals surface area contributed by atoms with Gasteiger partial charge in [0.25, 0.3) is 0 Å². The summed E-state index contributed by atoms with van der Waals surface area (Å²) in [7, 11) is 0. The van der Waals surface area contributed by atoms with Crippen LogP contribution in [0.1, 0.15) is 32.3 Å². The van der Waals surface area contributed by atoms with Gasteiger partial charge >= 0.3 is 6.11 Å². The van der Waals surface area contributed by atoms with Gasteiger partial charge in [0.15, 0.2) is 0 Å². The van der Waals surface area contributed by atoms with Crippen molar-refractivity contribution in [2.75, 3.05) is 23.8 Å². The lowest BCUT2D eigenvalue weighted by Gasteiger charge is -2.18. The number of anilines is 3. The molecule has 0 aliphatic carbocycles. The predicted octanol–water partition coefficient (Wildman–Crippen LogP) is 4.39. The fourth-order valence-electron chi connectivity index (χ4n) is 2.36. The van der Waals surface area contributed by atoms with Crippen LogP contribution >= 0.6 is 0 Å². The van der Waals surface area contributed by atoms with Gasteiger partial charge in [-0.1, -0.05) is 13.8 Å². The fraction of sp³-hybridized carbons (Fsp3) is 0.368. The molecule has 146 valence electrons. The zero-order valence-corrected chi connectivity index (χ0v) is 15.4. The van der Waals surface area contributed by atoms with Crippen molar-refractivity contribution in [3.63, 3.8) is 0 Å². The summed E-state index contributed by atoms with van der Waals surface area (Å²) in [6.07, 6.45) is -1.51. The van der Waals surface area contributed by atoms with E-state index in [0.717, 1.165) is 0 Å². The Labute approximate surface area is 157 Å². The number of rotatable bonds is 10. The molecule has 0 aliphatic rings. The Morgan fingerprint density at radius 2 is 1.93 bits per heavy atom. The molecule has 0 unspecified atom stereocenters. The summed E-state index contributed by atoms with van der Waals surface area (Å²) in [6, 6.07) is 7.85. The summed E-state index contributed by atoms with van der Waals surface area (Å²) >= 11 is 0. The summed E-state index contributed by atoms with van der Waals surface area (Å²) in [5, 5.41) is 23.4. The molecule has 0 radical (unpaired) electrons. The van der Waals surface area contributed by atoms with E-state index in [0.29, 0.717) is 41.4 Å². The average molecular weight is 378 g/mol. The molecule has 0 saturated carbocycles. The third kappa shape index (κ3) is 5.62. The van der Waals surface area contributed by atoms with Gasteiger partial charge in [0.1, 0.15) is 11.6 Å². The second kappa shape index (κ2) is 9.27. The first-order valence-electron chi connectivity index (χ1n) is 8.75. The number of nitrogens with one attached hydrogen (secondary N) is 3. The number of hydrogen-bond acceptors (Lipinski definition) is 6. The first-order chi connectivity index (χ1) is 12.9. The Hall–Kier alpha value is -2.74. The molecule has 0 atom stereocenters. The minimum Gasteiger partial charge on any atom is -0.433 e. The zero-order chi connectivity index (χ0) is 19.9. The van der Waals surface area contributed by atoms with E-state index in [1.807, 2.05) is 6.92 Å². The third-order valence-corrected chi connectivity index (χ3v) is 3.83. The molecule has 0 saturated heterocycles. The molecule has 27 heavy (non-hydrogen) atoms. The second-order valence-corrected chi connectivity index (χ2v) is 5.81. The Morgan fingerprint density at radius 1 is 1.22 bits per heavy atom. The maximum Gasteiger partial charge on any atom is 0.397 e. The molecular weight excluding hydrogens is 354 g/mol. The summed E-state index contributed by atoms with van der Waals surface area (Å²) in [4.78, 5) is 4.30. The van der Waals surface area contributed by atoms with Crippen molar-refractivity contribution in [2.45, 2.75) is 32.8 Å². The third-order valence-electron chi connectivity index (χ3n) is 3.83. The lowest BCUT2D eigenvalue weighted by Crippen LogP contribution is -2.22. The molecule has 2 rings (SSSR count). The molecule has 0 bridgehead atoms. The monoisotopic (exact) mass is 378 g/mol. The van der Waals surface area contributed by atoms with Crippen LogP contribution in [0, 0.1) is 5.41 Å². The van der Waals surface area contributed by atoms with Crippen molar-refractivity contribution in [1.29, 1.82) is 5.41 Å². The van der Waals surface area contributed by atoms with E-state index in [1.54, 1.807) is 24.4 Å². The highest BCUT2D eigenvalue weighted by Crippen LogP contribution is 2.29. The smallest absolute Gasteiger partial charge is 0.397 e. The Morgan fingerprint density at radius 3 is 2.52 bits per heavy atom. The molecule has 1 aromatic carbocycles. The summed E-state index contributed by atoms with van der Waals surface area (Å²) in [6.45, 7) is 3.54. The van der Waals surface area contributed by atoms with E-state index in [-0.39, 0.29) is 12.4 Å². The fourth-order valence-corrected chi connectivity index (χ4v) is 2.36. The molecule has 0 fully saturated rings. The van der Waals surface area contributed by atoms with Crippen molar-refractivity contribution >= 4 is 22.9 Å². The van der Waals surface area contributed by atoms with Gasteiger partial charge in [-0.3, -0.25) is 0 Å². The minimum atomic E-state index is -3.20. The van der Waals surface area contributed by atoms with Gasteiger partial charge in [-0.2, -0.15) is 8.78 Å². The average Bonchev–Trinajstić information content (AvgIpc) is 2.67. The molecule has 0 aliphatic heterocycles. The van der Waals surface area contributed by atoms with Crippen LogP contribution in [-0.4, -0.2) is 35.1 Å². The van der Waals surface area contributed by atoms with E-state index in [9.17, 15) is 8.78 Å². The maximum atomic E-state index is 13.3. The van der Waals surface area contributed by atoms with Crippen LogP contribution in [0.5, 0.6) is 5.75 Å². The molecule has 1 heterocycles. The van der Waals surface area contributed by atoms with E-state index in [4.69, 9.17) is 10.5 Å². The van der Waals surface area contributed by atoms with Crippen LogP contribution < -0.4 is 15.4 Å². The van der Waals surface area contributed by atoms with Crippen LogP contribution in [0.4, 0.5) is 26.0 Å². The maximum absolute atomic E-state index is 13.3. The number of halogens is 2. The lowest BCUT2D eigenvalue weighted by molar-refractivity contribution is -0.177. The van der Waals surface area contributed by atoms with E-state index in [1.165, 1.54) is 19.1 Å². The molecule has 8 heteroatoms. The van der Waals surface area contributed by atoms with Gasteiger partial charge in [0.05, 0.1) is 12.2 Å². The minimum absolute atomic E-state index is 0.0339. The normalized spacial score (nSPS) is 11.1. The second-order valence-electron chi connectivity index (χ2n) is 5.81. The summed E-state index contributed by atoms with van der Waals surface area (Å²) in [5.41, 5.74) is 2.30. The van der Waals surface area contributed by atoms with Crippen molar-refractivity contribution in [1.82, 2.24) is 4.98 Å². The number of ether oxygens (including phenoxy) is 1. The molecule has 4 N–H and O–H groups in total. The van der Waals surface area contributed by atoms with Gasteiger partial charge in [-0.05, 0) is 36.8 Å². The molecular formula is C19H24F2N4O2. The highest BCUT2D eigenvalue weighted by Gasteiger charge is 2.28. The quantitative estimate of drug-likeness (QED) is 0.461. The number of aromatic nitrogens is 1. The molecule has 0 amide bonds. The Kier molecular flexibility index (Phi) is 7.06. The number of aliphatic hydroxyl groups is 1. The zero-order valence-electron chi connectivity index (χ0n) is 15.4. The van der Waals surface area contributed by atoms with Crippen LogP contribution in [0.2, 0.25) is 0 Å². The molecule has 6 nitrogen and oxygen atoms in total.